The molecule has 1 aliphatic heterocycles. The summed E-state index contributed by atoms with van der Waals surface area (Å²) < 4.78 is 35.2. The van der Waals surface area contributed by atoms with E-state index in [1.165, 1.54) is 49.6 Å². The lowest BCUT2D eigenvalue weighted by Crippen LogP contribution is -2.36. The molecule has 36 heavy (non-hydrogen) atoms. The third-order valence-electron chi connectivity index (χ3n) is 4.96. The van der Waals surface area contributed by atoms with Gasteiger partial charge in [-0.25, -0.2) is 0 Å². The summed E-state index contributed by atoms with van der Waals surface area (Å²) in [6.07, 6.45) is 1.49. The number of hydrogen-bond donors (Lipinski definition) is 1. The molecule has 11 heteroatoms. The quantitative estimate of drug-likeness (QED) is 0.345. The van der Waals surface area contributed by atoms with Gasteiger partial charge in [-0.2, -0.15) is 8.42 Å². The van der Waals surface area contributed by atoms with Crippen molar-refractivity contribution >= 4 is 50.7 Å². The smallest absolute Gasteiger partial charge is 0.339 e. The van der Waals surface area contributed by atoms with Crippen molar-refractivity contribution < 1.29 is 31.7 Å². The topological polar surface area (TPSA) is 119 Å². The summed E-state index contributed by atoms with van der Waals surface area (Å²) in [5.41, 5.74) is 1.10. The lowest BCUT2D eigenvalue weighted by molar-refractivity contribution is -0.127. The van der Waals surface area contributed by atoms with E-state index in [1.807, 2.05) is 0 Å². The van der Waals surface area contributed by atoms with E-state index in [1.54, 1.807) is 42.5 Å². The van der Waals surface area contributed by atoms with Crippen molar-refractivity contribution in [3.05, 3.63) is 89.3 Å². The standard InChI is InChI=1S/C25H20N2O7S2/c1-33-19-11-13-21(14-12-19)36(31,32)34-20-9-7-17(8-10-20)15-22-24(29)27(25(30)35-22)16-23(28)26-18-5-3-2-4-6-18/h2-15H,16H2,1H3,(H,26,28)/b22-15-. The Morgan fingerprint density at radius 2 is 1.58 bits per heavy atom. The molecule has 4 rings (SSSR count). The van der Waals surface area contributed by atoms with Gasteiger partial charge in [-0.05, 0) is 71.9 Å². The molecule has 3 aromatic carbocycles. The fourth-order valence-corrected chi connectivity index (χ4v) is 4.96. The molecule has 0 bridgehead atoms. The second-order valence-corrected chi connectivity index (χ2v) is 10.0. The van der Waals surface area contributed by atoms with E-state index in [-0.39, 0.29) is 15.6 Å². The van der Waals surface area contributed by atoms with Gasteiger partial charge in [-0.3, -0.25) is 19.3 Å². The van der Waals surface area contributed by atoms with E-state index < -0.39 is 33.7 Å². The van der Waals surface area contributed by atoms with E-state index in [2.05, 4.69) is 5.32 Å². The number of rotatable bonds is 8. The zero-order chi connectivity index (χ0) is 25.7. The fraction of sp³-hybridized carbons (Fsp3) is 0.0800. The summed E-state index contributed by atoms with van der Waals surface area (Å²) in [5.74, 6) is -0.492. The number of imide groups is 1. The monoisotopic (exact) mass is 524 g/mol. The molecule has 0 radical (unpaired) electrons. The third kappa shape index (κ3) is 5.93. The van der Waals surface area contributed by atoms with Gasteiger partial charge in [-0.1, -0.05) is 30.3 Å². The maximum Gasteiger partial charge on any atom is 0.339 e. The van der Waals surface area contributed by atoms with Crippen LogP contribution in [0.3, 0.4) is 0 Å². The third-order valence-corrected chi connectivity index (χ3v) is 7.13. The number of hydrogen-bond acceptors (Lipinski definition) is 8. The van der Waals surface area contributed by atoms with Crippen LogP contribution >= 0.6 is 11.8 Å². The van der Waals surface area contributed by atoms with Crippen LogP contribution in [0.2, 0.25) is 0 Å². The van der Waals surface area contributed by atoms with Crippen molar-refractivity contribution in [2.75, 3.05) is 19.0 Å². The average molecular weight is 525 g/mol. The number of para-hydroxylation sites is 1. The molecule has 0 aliphatic carbocycles. The molecule has 0 aromatic heterocycles. The number of thioether (sulfide) groups is 1. The Hall–Kier alpha value is -4.09. The summed E-state index contributed by atoms with van der Waals surface area (Å²) in [5, 5.41) is 2.08. The number of ether oxygens (including phenoxy) is 1. The number of amides is 3. The summed E-state index contributed by atoms with van der Waals surface area (Å²) >= 11 is 0.721. The summed E-state index contributed by atoms with van der Waals surface area (Å²) in [4.78, 5) is 38.2. The van der Waals surface area contributed by atoms with Crippen molar-refractivity contribution in [1.82, 2.24) is 4.90 Å². The van der Waals surface area contributed by atoms with Crippen LogP contribution < -0.4 is 14.2 Å². The van der Waals surface area contributed by atoms with Gasteiger partial charge in [0, 0.05) is 5.69 Å². The minimum Gasteiger partial charge on any atom is -0.497 e. The van der Waals surface area contributed by atoms with Crippen LogP contribution in [0.25, 0.3) is 6.08 Å². The Kier molecular flexibility index (Phi) is 7.41. The van der Waals surface area contributed by atoms with Crippen LogP contribution in [-0.2, 0) is 19.7 Å². The normalized spacial score (nSPS) is 14.7. The molecule has 1 N–H and O–H groups in total. The molecule has 0 unspecified atom stereocenters. The number of carbonyl (C=O) groups is 3. The van der Waals surface area contributed by atoms with Gasteiger partial charge in [0.15, 0.2) is 0 Å². The summed E-state index contributed by atoms with van der Waals surface area (Å²) in [6, 6.07) is 20.4. The van der Waals surface area contributed by atoms with Crippen LogP contribution in [0.15, 0.2) is 88.7 Å². The van der Waals surface area contributed by atoms with Gasteiger partial charge in [-0.15, -0.1) is 0 Å². The van der Waals surface area contributed by atoms with Crippen LogP contribution in [0.5, 0.6) is 11.5 Å². The van der Waals surface area contributed by atoms with Gasteiger partial charge in [0.05, 0.1) is 12.0 Å². The first-order valence-electron chi connectivity index (χ1n) is 10.5. The molecule has 0 atom stereocenters. The largest absolute Gasteiger partial charge is 0.497 e. The average Bonchev–Trinajstić information content (AvgIpc) is 3.13. The molecular weight excluding hydrogens is 504 g/mol. The highest BCUT2D eigenvalue weighted by atomic mass is 32.2. The molecule has 9 nitrogen and oxygen atoms in total. The van der Waals surface area contributed by atoms with Gasteiger partial charge >= 0.3 is 10.1 Å². The fourth-order valence-electron chi connectivity index (χ4n) is 3.19. The molecular formula is C25H20N2O7S2. The second-order valence-electron chi connectivity index (χ2n) is 7.46. The number of carbonyl (C=O) groups excluding carboxylic acids is 3. The Morgan fingerprint density at radius 3 is 2.22 bits per heavy atom. The highest BCUT2D eigenvalue weighted by molar-refractivity contribution is 8.18. The molecule has 0 spiro atoms. The van der Waals surface area contributed by atoms with Gasteiger partial charge in [0.1, 0.15) is 22.9 Å². The Morgan fingerprint density at radius 1 is 0.944 bits per heavy atom. The van der Waals surface area contributed by atoms with Crippen molar-refractivity contribution in [2.24, 2.45) is 0 Å². The second kappa shape index (κ2) is 10.7. The predicted octanol–water partition coefficient (Wildman–Crippen LogP) is 4.14. The van der Waals surface area contributed by atoms with Crippen molar-refractivity contribution in [3.8, 4) is 11.5 Å². The van der Waals surface area contributed by atoms with Crippen LogP contribution in [-0.4, -0.2) is 44.0 Å². The molecule has 3 aromatic rings. The predicted molar refractivity (Wildman–Crippen MR) is 135 cm³/mol. The first-order valence-corrected chi connectivity index (χ1v) is 12.8. The molecule has 3 amide bonds. The lowest BCUT2D eigenvalue weighted by atomic mass is 10.2. The maximum absolute atomic E-state index is 12.7. The number of anilines is 1. The molecule has 1 fully saturated rings. The van der Waals surface area contributed by atoms with E-state index >= 15 is 0 Å². The molecule has 0 saturated carbocycles. The van der Waals surface area contributed by atoms with Crippen LogP contribution in [0.4, 0.5) is 10.5 Å². The molecule has 1 aliphatic rings. The number of benzene rings is 3. The number of nitrogens with one attached hydrogen (secondary N) is 1. The SMILES string of the molecule is COc1ccc(S(=O)(=O)Oc2ccc(/C=C3\SC(=O)N(CC(=O)Nc4ccccc4)C3=O)cc2)cc1. The number of methoxy groups -OCH3 is 1. The molecule has 184 valence electrons. The van der Waals surface area contributed by atoms with Crippen LogP contribution in [0.1, 0.15) is 5.56 Å². The van der Waals surface area contributed by atoms with E-state index in [0.717, 1.165) is 16.7 Å². The minimum atomic E-state index is -4.05. The molecule has 1 heterocycles. The molecule has 1 saturated heterocycles. The first-order chi connectivity index (χ1) is 17.2. The van der Waals surface area contributed by atoms with Crippen molar-refractivity contribution in [2.45, 2.75) is 4.90 Å². The van der Waals surface area contributed by atoms with Crippen LogP contribution in [0, 0.1) is 0 Å². The van der Waals surface area contributed by atoms with E-state index in [4.69, 9.17) is 8.92 Å². The van der Waals surface area contributed by atoms with Gasteiger partial charge in [0.2, 0.25) is 5.91 Å². The first kappa shape index (κ1) is 25.0. The van der Waals surface area contributed by atoms with Crippen molar-refractivity contribution in [1.29, 1.82) is 0 Å². The Labute approximate surface area is 211 Å². The highest BCUT2D eigenvalue weighted by Crippen LogP contribution is 2.32. The Balaban J connectivity index is 1.40. The summed E-state index contributed by atoms with van der Waals surface area (Å²) in [7, 11) is -2.57. The van der Waals surface area contributed by atoms with E-state index in [9.17, 15) is 22.8 Å². The van der Waals surface area contributed by atoms with Crippen molar-refractivity contribution in [3.63, 3.8) is 0 Å². The van der Waals surface area contributed by atoms with Gasteiger partial charge < -0.3 is 14.2 Å². The zero-order valence-corrected chi connectivity index (χ0v) is 20.5. The Bertz CT molecular complexity index is 1420. The lowest BCUT2D eigenvalue weighted by Gasteiger charge is -2.12. The minimum absolute atomic E-state index is 0.0302. The van der Waals surface area contributed by atoms with Gasteiger partial charge in [0.25, 0.3) is 11.1 Å². The highest BCUT2D eigenvalue weighted by Gasteiger charge is 2.36. The number of nitrogens with zero attached hydrogens (tertiary/aromatic N) is 1. The zero-order valence-electron chi connectivity index (χ0n) is 18.9. The van der Waals surface area contributed by atoms with E-state index in [0.29, 0.717) is 17.0 Å². The maximum atomic E-state index is 12.7. The summed E-state index contributed by atoms with van der Waals surface area (Å²) in [6.45, 7) is -0.410.